The molecule has 0 aromatic heterocycles. The van der Waals surface area contributed by atoms with Crippen molar-refractivity contribution < 1.29 is 30.0 Å². The summed E-state index contributed by atoms with van der Waals surface area (Å²) >= 11 is 0. The van der Waals surface area contributed by atoms with Crippen molar-refractivity contribution >= 4 is 11.9 Å². The minimum atomic E-state index is -1.22. The highest BCUT2D eigenvalue weighted by atomic mass is 16.4. The van der Waals surface area contributed by atoms with E-state index in [1.807, 2.05) is 6.07 Å². The lowest BCUT2D eigenvalue weighted by Gasteiger charge is -1.97. The molecule has 0 amide bonds. The number of hydrogen-bond donors (Lipinski definition) is 4. The van der Waals surface area contributed by atoms with Gasteiger partial charge in [-0.15, -0.1) is 0 Å². The van der Waals surface area contributed by atoms with Gasteiger partial charge >= 0.3 is 11.9 Å². The summed E-state index contributed by atoms with van der Waals surface area (Å²) < 4.78 is 0. The number of benzene rings is 2. The number of carboxylic acids is 2. The van der Waals surface area contributed by atoms with Crippen LogP contribution in [0.5, 0.6) is 11.5 Å². The Morgan fingerprint density at radius 2 is 1.50 bits per heavy atom. The van der Waals surface area contributed by atoms with E-state index < -0.39 is 17.7 Å². The quantitative estimate of drug-likeness (QED) is 0.665. The summed E-state index contributed by atoms with van der Waals surface area (Å²) in [6.45, 7) is 0. The Morgan fingerprint density at radius 1 is 0.909 bits per heavy atom. The first-order valence-electron chi connectivity index (χ1n) is 5.84. The molecular formula is C15H11NO6. The highest BCUT2D eigenvalue weighted by Crippen LogP contribution is 2.21. The molecular weight excluding hydrogens is 290 g/mol. The van der Waals surface area contributed by atoms with E-state index in [4.69, 9.17) is 25.7 Å². The van der Waals surface area contributed by atoms with Crippen molar-refractivity contribution in [2.45, 2.75) is 0 Å². The minimum absolute atomic E-state index is 0.160. The molecule has 112 valence electrons. The average Bonchev–Trinajstić information content (AvgIpc) is 2.47. The average molecular weight is 301 g/mol. The van der Waals surface area contributed by atoms with Gasteiger partial charge in [-0.25, -0.2) is 9.59 Å². The molecule has 22 heavy (non-hydrogen) atoms. The maximum Gasteiger partial charge on any atom is 0.339 e. The first-order valence-corrected chi connectivity index (χ1v) is 5.84. The monoisotopic (exact) mass is 301 g/mol. The highest BCUT2D eigenvalue weighted by Gasteiger charge is 2.08. The molecule has 0 bridgehead atoms. The molecule has 0 atom stereocenters. The van der Waals surface area contributed by atoms with Crippen LogP contribution in [0.2, 0.25) is 0 Å². The van der Waals surface area contributed by atoms with Crippen molar-refractivity contribution in [1.29, 1.82) is 5.26 Å². The zero-order valence-electron chi connectivity index (χ0n) is 11.1. The van der Waals surface area contributed by atoms with Crippen molar-refractivity contribution in [1.82, 2.24) is 0 Å². The molecule has 0 spiro atoms. The zero-order chi connectivity index (χ0) is 16.7. The minimum Gasteiger partial charge on any atom is -0.508 e. The second-order valence-electron chi connectivity index (χ2n) is 4.00. The number of aromatic carboxylic acids is 2. The highest BCUT2D eigenvalue weighted by molar-refractivity contribution is 5.90. The van der Waals surface area contributed by atoms with Crippen molar-refractivity contribution in [2.24, 2.45) is 0 Å². The zero-order valence-corrected chi connectivity index (χ0v) is 11.1. The van der Waals surface area contributed by atoms with Crippen molar-refractivity contribution in [3.05, 3.63) is 59.2 Å². The maximum atomic E-state index is 10.3. The summed E-state index contributed by atoms with van der Waals surface area (Å²) in [4.78, 5) is 20.6. The summed E-state index contributed by atoms with van der Waals surface area (Å²) in [5, 5.41) is 42.9. The summed E-state index contributed by atoms with van der Waals surface area (Å²) in [5.74, 6) is -2.79. The number of phenols is 2. The lowest BCUT2D eigenvalue weighted by Crippen LogP contribution is -1.95. The Bertz CT molecular complexity index is 731. The summed E-state index contributed by atoms with van der Waals surface area (Å²) in [5.41, 5.74) is 0.446. The summed E-state index contributed by atoms with van der Waals surface area (Å²) in [6, 6.07) is 11.0. The van der Waals surface area contributed by atoms with Gasteiger partial charge in [0.2, 0.25) is 0 Å². The first kappa shape index (κ1) is 16.5. The van der Waals surface area contributed by atoms with Gasteiger partial charge in [-0.1, -0.05) is 0 Å². The molecule has 2 rings (SSSR count). The van der Waals surface area contributed by atoms with Gasteiger partial charge in [0.1, 0.15) is 17.1 Å². The SMILES string of the molecule is N#Cc1ccc(C(=O)O)cc1.O=C(O)c1ccc(O)cc1O. The van der Waals surface area contributed by atoms with Crippen molar-refractivity contribution in [3.63, 3.8) is 0 Å². The van der Waals surface area contributed by atoms with Gasteiger partial charge in [0.25, 0.3) is 0 Å². The molecule has 0 saturated carbocycles. The van der Waals surface area contributed by atoms with Crippen LogP contribution in [0.4, 0.5) is 0 Å². The van der Waals surface area contributed by atoms with E-state index in [1.54, 1.807) is 0 Å². The van der Waals surface area contributed by atoms with E-state index in [9.17, 15) is 9.59 Å². The Hall–Kier alpha value is -3.53. The smallest absolute Gasteiger partial charge is 0.339 e. The van der Waals surface area contributed by atoms with E-state index in [1.165, 1.54) is 30.3 Å². The number of hydrogen-bond acceptors (Lipinski definition) is 5. The maximum absolute atomic E-state index is 10.3. The van der Waals surface area contributed by atoms with Gasteiger partial charge in [-0.3, -0.25) is 0 Å². The number of aromatic hydroxyl groups is 2. The van der Waals surface area contributed by atoms with E-state index in [2.05, 4.69) is 0 Å². The summed E-state index contributed by atoms with van der Waals surface area (Å²) in [7, 11) is 0. The molecule has 0 aliphatic heterocycles. The number of carbonyl (C=O) groups is 2. The van der Waals surface area contributed by atoms with E-state index in [-0.39, 0.29) is 16.9 Å². The number of phenolic OH excluding ortho intramolecular Hbond substituents is 1. The van der Waals surface area contributed by atoms with Crippen molar-refractivity contribution in [3.8, 4) is 17.6 Å². The van der Waals surface area contributed by atoms with Crippen LogP contribution in [0.3, 0.4) is 0 Å². The Kier molecular flexibility index (Phi) is 5.49. The predicted molar refractivity (Wildman–Crippen MR) is 74.8 cm³/mol. The molecule has 0 aliphatic rings. The fraction of sp³-hybridized carbons (Fsp3) is 0. The van der Waals surface area contributed by atoms with Gasteiger partial charge in [0, 0.05) is 6.07 Å². The lowest BCUT2D eigenvalue weighted by molar-refractivity contribution is 0.0684. The van der Waals surface area contributed by atoms with Crippen LogP contribution in [-0.4, -0.2) is 32.4 Å². The van der Waals surface area contributed by atoms with E-state index >= 15 is 0 Å². The molecule has 0 unspecified atom stereocenters. The fourth-order valence-corrected chi connectivity index (χ4v) is 1.39. The predicted octanol–water partition coefficient (Wildman–Crippen LogP) is 2.05. The fourth-order valence-electron chi connectivity index (χ4n) is 1.39. The van der Waals surface area contributed by atoms with Gasteiger partial charge in [-0.2, -0.15) is 5.26 Å². The molecule has 7 nitrogen and oxygen atoms in total. The van der Waals surface area contributed by atoms with Gasteiger partial charge in [0.15, 0.2) is 0 Å². The third kappa shape index (κ3) is 4.54. The van der Waals surface area contributed by atoms with Crippen LogP contribution in [0.1, 0.15) is 26.3 Å². The number of nitrogens with zero attached hydrogens (tertiary/aromatic N) is 1. The van der Waals surface area contributed by atoms with E-state index in [0.717, 1.165) is 12.1 Å². The third-order valence-corrected chi connectivity index (χ3v) is 2.47. The van der Waals surface area contributed by atoms with Gasteiger partial charge in [0.05, 0.1) is 17.2 Å². The molecule has 0 saturated heterocycles. The molecule has 0 aliphatic carbocycles. The second-order valence-corrected chi connectivity index (χ2v) is 4.00. The Labute approximate surface area is 124 Å². The van der Waals surface area contributed by atoms with Crippen molar-refractivity contribution in [2.75, 3.05) is 0 Å². The number of nitriles is 1. The topological polar surface area (TPSA) is 139 Å². The Balaban J connectivity index is 0.000000220. The molecule has 2 aromatic rings. The number of carboxylic acid groups (broad SMARTS) is 2. The standard InChI is InChI=1S/C8H5NO2.C7H6O4/c9-5-6-1-3-7(4-2-6)8(10)11;8-4-1-2-5(7(10)11)6(9)3-4/h1-4H,(H,10,11);1-3,8-9H,(H,10,11). The van der Waals surface area contributed by atoms with Crippen LogP contribution in [0, 0.1) is 11.3 Å². The van der Waals surface area contributed by atoms with Crippen LogP contribution in [0.25, 0.3) is 0 Å². The normalized spacial score (nSPS) is 9.05. The molecule has 4 N–H and O–H groups in total. The van der Waals surface area contributed by atoms with Crippen LogP contribution in [-0.2, 0) is 0 Å². The Morgan fingerprint density at radius 3 is 1.91 bits per heavy atom. The molecule has 0 heterocycles. The van der Waals surface area contributed by atoms with Gasteiger partial charge in [-0.05, 0) is 36.4 Å². The molecule has 2 aromatic carbocycles. The molecule has 0 fully saturated rings. The number of rotatable bonds is 2. The second kappa shape index (κ2) is 7.31. The largest absolute Gasteiger partial charge is 0.508 e. The van der Waals surface area contributed by atoms with Gasteiger partial charge < -0.3 is 20.4 Å². The third-order valence-electron chi connectivity index (χ3n) is 2.47. The first-order chi connectivity index (χ1) is 10.3. The van der Waals surface area contributed by atoms with Crippen LogP contribution < -0.4 is 0 Å². The summed E-state index contributed by atoms with van der Waals surface area (Å²) in [6.07, 6.45) is 0. The lowest BCUT2D eigenvalue weighted by atomic mass is 10.1. The van der Waals surface area contributed by atoms with E-state index in [0.29, 0.717) is 5.56 Å². The molecule has 0 radical (unpaired) electrons. The van der Waals surface area contributed by atoms with Crippen LogP contribution in [0.15, 0.2) is 42.5 Å². The molecule has 7 heteroatoms. The van der Waals surface area contributed by atoms with Crippen LogP contribution >= 0.6 is 0 Å².